The molecule has 0 N–H and O–H groups in total. The highest BCUT2D eigenvalue weighted by Gasteiger charge is 2.35. The van der Waals surface area contributed by atoms with E-state index in [1.54, 1.807) is 4.90 Å². The van der Waals surface area contributed by atoms with Crippen LogP contribution in [0.4, 0.5) is 4.79 Å². The minimum Gasteiger partial charge on any atom is -0.444 e. The largest absolute Gasteiger partial charge is 0.444 e. The van der Waals surface area contributed by atoms with Gasteiger partial charge in [-0.3, -0.25) is 0 Å². The van der Waals surface area contributed by atoms with E-state index in [2.05, 4.69) is 10.1 Å². The molecule has 0 spiro atoms. The first-order valence-electron chi connectivity index (χ1n) is 7.83. The number of hydrogen-bond acceptors (Lipinski definition) is 6. The molecule has 0 saturated carbocycles. The zero-order valence-corrected chi connectivity index (χ0v) is 14.2. The number of carbonyl (C=O) groups excluding carboxylic acids is 1. The number of likely N-dealkylation sites (tertiary alicyclic amines) is 1. The molecule has 22 heavy (non-hydrogen) atoms. The molecule has 2 aliphatic rings. The maximum Gasteiger partial charge on any atom is 0.410 e. The SMILES string of the molecule is CC(C)(C)OC(=O)N1CC(Cc2nc(C3CCCS3)no2)C1. The molecule has 1 atom stereocenters. The van der Waals surface area contributed by atoms with Gasteiger partial charge in [0.25, 0.3) is 0 Å². The van der Waals surface area contributed by atoms with Crippen LogP contribution in [0.25, 0.3) is 0 Å². The molecule has 1 amide bonds. The van der Waals surface area contributed by atoms with Crippen LogP contribution in [-0.4, -0.2) is 45.6 Å². The minimum atomic E-state index is -0.442. The lowest BCUT2D eigenvalue weighted by molar-refractivity contribution is -0.00186. The fourth-order valence-corrected chi connectivity index (χ4v) is 3.88. The normalized spacial score (nSPS) is 22.7. The van der Waals surface area contributed by atoms with Crippen LogP contribution in [-0.2, 0) is 11.2 Å². The van der Waals surface area contributed by atoms with Gasteiger partial charge in [-0.05, 0) is 39.4 Å². The second-order valence-corrected chi connectivity index (χ2v) is 8.31. The molecule has 2 saturated heterocycles. The monoisotopic (exact) mass is 325 g/mol. The maximum atomic E-state index is 11.9. The van der Waals surface area contributed by atoms with Crippen molar-refractivity contribution in [3.8, 4) is 0 Å². The lowest BCUT2D eigenvalue weighted by Crippen LogP contribution is -2.52. The van der Waals surface area contributed by atoms with Crippen molar-refractivity contribution in [2.75, 3.05) is 18.8 Å². The van der Waals surface area contributed by atoms with Crippen molar-refractivity contribution in [1.29, 1.82) is 0 Å². The van der Waals surface area contributed by atoms with Crippen LogP contribution >= 0.6 is 11.8 Å². The Balaban J connectivity index is 1.45. The van der Waals surface area contributed by atoms with Gasteiger partial charge < -0.3 is 14.2 Å². The average molecular weight is 325 g/mol. The van der Waals surface area contributed by atoms with Crippen molar-refractivity contribution in [3.05, 3.63) is 11.7 Å². The molecule has 0 radical (unpaired) electrons. The summed E-state index contributed by atoms with van der Waals surface area (Å²) >= 11 is 1.90. The lowest BCUT2D eigenvalue weighted by atomic mass is 9.97. The predicted molar refractivity (Wildman–Crippen MR) is 83.7 cm³/mol. The fourth-order valence-electron chi connectivity index (χ4n) is 2.68. The molecule has 0 bridgehead atoms. The molecular weight excluding hydrogens is 302 g/mol. The second kappa shape index (κ2) is 6.10. The Bertz CT molecular complexity index is 528. The van der Waals surface area contributed by atoms with Crippen LogP contribution in [0.1, 0.15) is 50.6 Å². The van der Waals surface area contributed by atoms with Crippen LogP contribution in [0.15, 0.2) is 4.52 Å². The van der Waals surface area contributed by atoms with Gasteiger partial charge >= 0.3 is 6.09 Å². The highest BCUT2D eigenvalue weighted by atomic mass is 32.2. The van der Waals surface area contributed by atoms with Gasteiger partial charge in [-0.15, -0.1) is 0 Å². The molecule has 2 fully saturated rings. The maximum absolute atomic E-state index is 11.9. The number of rotatable bonds is 3. The van der Waals surface area contributed by atoms with Crippen LogP contribution in [0, 0.1) is 5.92 Å². The summed E-state index contributed by atoms with van der Waals surface area (Å²) in [5, 5.41) is 4.50. The number of hydrogen-bond donors (Lipinski definition) is 0. The number of carbonyl (C=O) groups is 1. The van der Waals surface area contributed by atoms with E-state index in [1.807, 2.05) is 32.5 Å². The highest BCUT2D eigenvalue weighted by Crippen LogP contribution is 2.38. The second-order valence-electron chi connectivity index (χ2n) is 7.00. The van der Waals surface area contributed by atoms with E-state index < -0.39 is 5.60 Å². The number of aromatic nitrogens is 2. The summed E-state index contributed by atoms with van der Waals surface area (Å²) in [5.74, 6) is 3.09. The minimum absolute atomic E-state index is 0.239. The third-order valence-electron chi connectivity index (χ3n) is 3.77. The molecule has 3 rings (SSSR count). The molecule has 0 aliphatic carbocycles. The molecule has 1 aromatic heterocycles. The zero-order valence-electron chi connectivity index (χ0n) is 13.4. The van der Waals surface area contributed by atoms with Gasteiger partial charge in [0.2, 0.25) is 5.89 Å². The quantitative estimate of drug-likeness (QED) is 0.851. The van der Waals surface area contributed by atoms with E-state index >= 15 is 0 Å². The van der Waals surface area contributed by atoms with E-state index in [-0.39, 0.29) is 6.09 Å². The molecule has 2 aliphatic heterocycles. The van der Waals surface area contributed by atoms with E-state index in [4.69, 9.17) is 9.26 Å². The van der Waals surface area contributed by atoms with Gasteiger partial charge in [0, 0.05) is 25.4 Å². The smallest absolute Gasteiger partial charge is 0.410 e. The molecule has 6 nitrogen and oxygen atoms in total. The van der Waals surface area contributed by atoms with Crippen LogP contribution in [0.2, 0.25) is 0 Å². The first-order valence-corrected chi connectivity index (χ1v) is 8.87. The van der Waals surface area contributed by atoms with E-state index in [1.165, 1.54) is 12.2 Å². The van der Waals surface area contributed by atoms with Gasteiger partial charge in [-0.25, -0.2) is 4.79 Å². The van der Waals surface area contributed by atoms with Gasteiger partial charge in [0.1, 0.15) is 5.60 Å². The summed E-state index contributed by atoms with van der Waals surface area (Å²) < 4.78 is 10.7. The van der Waals surface area contributed by atoms with Gasteiger partial charge in [0.05, 0.1) is 5.25 Å². The Kier molecular flexibility index (Phi) is 4.34. The number of nitrogens with zero attached hydrogens (tertiary/aromatic N) is 3. The third-order valence-corrected chi connectivity index (χ3v) is 5.15. The summed E-state index contributed by atoms with van der Waals surface area (Å²) in [4.78, 5) is 18.1. The number of thioether (sulfide) groups is 1. The molecule has 122 valence electrons. The molecule has 3 heterocycles. The number of amides is 1. The Hall–Kier alpha value is -1.24. The lowest BCUT2D eigenvalue weighted by Gasteiger charge is -2.39. The molecule has 1 unspecified atom stereocenters. The van der Waals surface area contributed by atoms with Crippen LogP contribution < -0.4 is 0 Å². The summed E-state index contributed by atoms with van der Waals surface area (Å²) in [6.45, 7) is 7.03. The van der Waals surface area contributed by atoms with Crippen molar-refractivity contribution in [1.82, 2.24) is 15.0 Å². The average Bonchev–Trinajstić information content (AvgIpc) is 3.01. The van der Waals surface area contributed by atoms with Crippen LogP contribution in [0.3, 0.4) is 0 Å². The van der Waals surface area contributed by atoms with E-state index in [0.29, 0.717) is 30.1 Å². The van der Waals surface area contributed by atoms with Crippen molar-refractivity contribution >= 4 is 17.9 Å². The van der Waals surface area contributed by atoms with E-state index in [0.717, 1.165) is 18.7 Å². The van der Waals surface area contributed by atoms with Crippen molar-refractivity contribution in [2.24, 2.45) is 5.92 Å². The summed E-state index contributed by atoms with van der Waals surface area (Å²) in [7, 11) is 0. The predicted octanol–water partition coefficient (Wildman–Crippen LogP) is 3.05. The van der Waals surface area contributed by atoms with Crippen molar-refractivity contribution < 1.29 is 14.1 Å². The Morgan fingerprint density at radius 1 is 1.45 bits per heavy atom. The van der Waals surface area contributed by atoms with Gasteiger partial charge in [-0.2, -0.15) is 16.7 Å². The van der Waals surface area contributed by atoms with E-state index in [9.17, 15) is 4.79 Å². The molecular formula is C15H23N3O3S. The fraction of sp³-hybridized carbons (Fsp3) is 0.800. The standard InChI is InChI=1S/C15H23N3O3S/c1-15(2,3)20-14(19)18-8-10(9-18)7-12-16-13(17-21-12)11-5-4-6-22-11/h10-11H,4-9H2,1-3H3. The zero-order chi connectivity index (χ0) is 15.7. The molecule has 1 aromatic rings. The van der Waals surface area contributed by atoms with Crippen molar-refractivity contribution in [3.63, 3.8) is 0 Å². The summed E-state index contributed by atoms with van der Waals surface area (Å²) in [5.41, 5.74) is -0.442. The summed E-state index contributed by atoms with van der Waals surface area (Å²) in [6, 6.07) is 0. The Morgan fingerprint density at radius 3 is 2.86 bits per heavy atom. The summed E-state index contributed by atoms with van der Waals surface area (Å²) in [6.07, 6.45) is 2.87. The van der Waals surface area contributed by atoms with Crippen molar-refractivity contribution in [2.45, 2.75) is 50.9 Å². The third kappa shape index (κ3) is 3.74. The molecule has 0 aromatic carbocycles. The van der Waals surface area contributed by atoms with Gasteiger partial charge in [-0.1, -0.05) is 5.16 Å². The molecule has 7 heteroatoms. The Morgan fingerprint density at radius 2 is 2.23 bits per heavy atom. The first-order chi connectivity index (χ1) is 10.4. The van der Waals surface area contributed by atoms with Gasteiger partial charge in [0.15, 0.2) is 5.82 Å². The number of ether oxygens (including phenoxy) is 1. The Labute approximate surface area is 135 Å². The topological polar surface area (TPSA) is 68.5 Å². The first kappa shape index (κ1) is 15.6. The van der Waals surface area contributed by atoms with Crippen LogP contribution in [0.5, 0.6) is 0 Å². The highest BCUT2D eigenvalue weighted by molar-refractivity contribution is 7.99.